The lowest BCUT2D eigenvalue weighted by Crippen LogP contribution is -2.60. The lowest BCUT2D eigenvalue weighted by Gasteiger charge is -2.51. The van der Waals surface area contributed by atoms with Crippen LogP contribution in [0.15, 0.2) is 18.2 Å². The van der Waals surface area contributed by atoms with E-state index in [0.717, 1.165) is 18.5 Å². The summed E-state index contributed by atoms with van der Waals surface area (Å²) < 4.78 is 18.6. The molecule has 1 aliphatic carbocycles. The molecule has 0 radical (unpaired) electrons. The van der Waals surface area contributed by atoms with Crippen molar-refractivity contribution in [3.8, 4) is 0 Å². The highest BCUT2D eigenvalue weighted by atomic mass is 19.1. The van der Waals surface area contributed by atoms with Crippen LogP contribution >= 0.6 is 0 Å². The summed E-state index contributed by atoms with van der Waals surface area (Å²) in [7, 11) is 1.77. The highest BCUT2D eigenvalue weighted by Gasteiger charge is 2.48. The van der Waals surface area contributed by atoms with Crippen molar-refractivity contribution in [3.05, 3.63) is 35.1 Å². The molecule has 1 fully saturated rings. The van der Waals surface area contributed by atoms with Crippen LogP contribution in [0.5, 0.6) is 0 Å². The molecule has 1 aliphatic rings. The van der Waals surface area contributed by atoms with E-state index in [9.17, 15) is 4.39 Å². The Bertz CT molecular complexity index is 431. The van der Waals surface area contributed by atoms with Crippen molar-refractivity contribution in [3.63, 3.8) is 0 Å². The SMILES string of the molecule is COC1CC(NCc2ccc(F)c(C)c2)C1(C)C. The van der Waals surface area contributed by atoms with Gasteiger partial charge in [-0.25, -0.2) is 4.39 Å². The van der Waals surface area contributed by atoms with Crippen molar-refractivity contribution in [1.29, 1.82) is 0 Å². The predicted molar refractivity (Wildman–Crippen MR) is 71.0 cm³/mol. The molecule has 1 N–H and O–H groups in total. The van der Waals surface area contributed by atoms with Crippen molar-refractivity contribution in [2.75, 3.05) is 7.11 Å². The van der Waals surface area contributed by atoms with E-state index in [0.29, 0.717) is 17.7 Å². The number of hydrogen-bond donors (Lipinski definition) is 1. The molecular formula is C15H22FNO. The maximum absolute atomic E-state index is 13.2. The number of methoxy groups -OCH3 is 1. The van der Waals surface area contributed by atoms with E-state index in [4.69, 9.17) is 4.74 Å². The van der Waals surface area contributed by atoms with Gasteiger partial charge in [-0.2, -0.15) is 0 Å². The maximum Gasteiger partial charge on any atom is 0.126 e. The van der Waals surface area contributed by atoms with Crippen molar-refractivity contribution in [2.24, 2.45) is 5.41 Å². The molecule has 18 heavy (non-hydrogen) atoms. The Labute approximate surface area is 109 Å². The van der Waals surface area contributed by atoms with Gasteiger partial charge in [0.25, 0.3) is 0 Å². The quantitative estimate of drug-likeness (QED) is 0.888. The van der Waals surface area contributed by atoms with E-state index < -0.39 is 0 Å². The molecule has 0 amide bonds. The van der Waals surface area contributed by atoms with E-state index in [1.165, 1.54) is 6.07 Å². The summed E-state index contributed by atoms with van der Waals surface area (Å²) in [4.78, 5) is 0. The third kappa shape index (κ3) is 2.43. The first-order valence-corrected chi connectivity index (χ1v) is 6.46. The number of rotatable bonds is 4. The largest absolute Gasteiger partial charge is 0.381 e. The van der Waals surface area contributed by atoms with Crippen LogP contribution in [0.2, 0.25) is 0 Å². The Balaban J connectivity index is 1.91. The molecule has 1 aromatic rings. The van der Waals surface area contributed by atoms with Crippen LogP contribution in [0.25, 0.3) is 0 Å². The molecule has 0 heterocycles. The van der Waals surface area contributed by atoms with Gasteiger partial charge in [0, 0.05) is 25.1 Å². The average Bonchev–Trinajstić information content (AvgIpc) is 2.32. The molecule has 100 valence electrons. The van der Waals surface area contributed by atoms with Crippen LogP contribution in [0.1, 0.15) is 31.4 Å². The van der Waals surface area contributed by atoms with Crippen molar-refractivity contribution in [2.45, 2.75) is 45.9 Å². The second-order valence-electron chi connectivity index (χ2n) is 5.80. The number of aryl methyl sites for hydroxylation is 1. The minimum atomic E-state index is -0.137. The van der Waals surface area contributed by atoms with Crippen molar-refractivity contribution >= 4 is 0 Å². The summed E-state index contributed by atoms with van der Waals surface area (Å²) in [6.45, 7) is 7.02. The molecule has 0 aromatic heterocycles. The van der Waals surface area contributed by atoms with Gasteiger partial charge >= 0.3 is 0 Å². The zero-order valence-corrected chi connectivity index (χ0v) is 11.6. The van der Waals surface area contributed by atoms with Crippen LogP contribution in [0, 0.1) is 18.2 Å². The Hall–Kier alpha value is -0.930. The molecule has 0 aliphatic heterocycles. The fourth-order valence-electron chi connectivity index (χ4n) is 2.69. The Kier molecular flexibility index (Phi) is 3.74. The molecule has 2 atom stereocenters. The van der Waals surface area contributed by atoms with Gasteiger partial charge in [0.05, 0.1) is 6.10 Å². The van der Waals surface area contributed by atoms with Gasteiger partial charge in [0.1, 0.15) is 5.82 Å². The molecule has 0 bridgehead atoms. The zero-order chi connectivity index (χ0) is 13.3. The number of ether oxygens (including phenoxy) is 1. The minimum Gasteiger partial charge on any atom is -0.381 e. The molecule has 1 aromatic carbocycles. The van der Waals surface area contributed by atoms with Gasteiger partial charge in [-0.15, -0.1) is 0 Å². The summed E-state index contributed by atoms with van der Waals surface area (Å²) in [5, 5.41) is 3.53. The van der Waals surface area contributed by atoms with Crippen LogP contribution < -0.4 is 5.32 Å². The third-order valence-corrected chi connectivity index (χ3v) is 4.24. The van der Waals surface area contributed by atoms with Crippen molar-refractivity contribution < 1.29 is 9.13 Å². The average molecular weight is 251 g/mol. The molecule has 2 nitrogen and oxygen atoms in total. The Morgan fingerprint density at radius 1 is 1.44 bits per heavy atom. The van der Waals surface area contributed by atoms with E-state index in [2.05, 4.69) is 19.2 Å². The smallest absolute Gasteiger partial charge is 0.126 e. The summed E-state index contributed by atoms with van der Waals surface area (Å²) in [6, 6.07) is 5.75. The number of hydrogen-bond acceptors (Lipinski definition) is 2. The van der Waals surface area contributed by atoms with Crippen LogP contribution in [-0.4, -0.2) is 19.3 Å². The normalized spacial score (nSPS) is 25.8. The summed E-state index contributed by atoms with van der Waals surface area (Å²) in [5.41, 5.74) is 2.01. The standard InChI is InChI=1S/C15H22FNO/c1-10-7-11(5-6-12(10)16)9-17-13-8-14(18-4)15(13,2)3/h5-7,13-14,17H,8-9H2,1-4H3. The summed E-state index contributed by atoms with van der Waals surface area (Å²) in [6.07, 6.45) is 1.38. The summed E-state index contributed by atoms with van der Waals surface area (Å²) >= 11 is 0. The Morgan fingerprint density at radius 3 is 2.72 bits per heavy atom. The number of halogens is 1. The van der Waals surface area contributed by atoms with Crippen molar-refractivity contribution in [1.82, 2.24) is 5.32 Å². The number of benzene rings is 1. The first-order chi connectivity index (χ1) is 8.45. The van der Waals surface area contributed by atoms with E-state index >= 15 is 0 Å². The van der Waals surface area contributed by atoms with Gasteiger partial charge in [-0.1, -0.05) is 26.0 Å². The van der Waals surface area contributed by atoms with Gasteiger partial charge in [-0.3, -0.25) is 0 Å². The van der Waals surface area contributed by atoms with Crippen LogP contribution in [0.3, 0.4) is 0 Å². The van der Waals surface area contributed by atoms with E-state index in [1.54, 1.807) is 14.0 Å². The molecule has 0 saturated heterocycles. The monoisotopic (exact) mass is 251 g/mol. The van der Waals surface area contributed by atoms with Crippen LogP contribution in [-0.2, 0) is 11.3 Å². The second-order valence-corrected chi connectivity index (χ2v) is 5.80. The predicted octanol–water partition coefficient (Wildman–Crippen LogP) is 3.04. The first-order valence-electron chi connectivity index (χ1n) is 6.46. The fourth-order valence-corrected chi connectivity index (χ4v) is 2.69. The van der Waals surface area contributed by atoms with E-state index in [1.807, 2.05) is 12.1 Å². The van der Waals surface area contributed by atoms with Gasteiger partial charge < -0.3 is 10.1 Å². The van der Waals surface area contributed by atoms with Gasteiger partial charge in [0.15, 0.2) is 0 Å². The summed E-state index contributed by atoms with van der Waals surface area (Å²) in [5.74, 6) is -0.137. The first kappa shape index (κ1) is 13.5. The maximum atomic E-state index is 13.2. The second kappa shape index (κ2) is 4.98. The van der Waals surface area contributed by atoms with Gasteiger partial charge in [-0.05, 0) is 30.5 Å². The fraction of sp³-hybridized carbons (Fsp3) is 0.600. The molecule has 3 heteroatoms. The zero-order valence-electron chi connectivity index (χ0n) is 11.6. The molecule has 1 saturated carbocycles. The highest BCUT2D eigenvalue weighted by Crippen LogP contribution is 2.42. The molecular weight excluding hydrogens is 229 g/mol. The molecule has 0 spiro atoms. The lowest BCUT2D eigenvalue weighted by molar-refractivity contribution is -0.0979. The van der Waals surface area contributed by atoms with E-state index in [-0.39, 0.29) is 11.2 Å². The number of nitrogens with one attached hydrogen (secondary N) is 1. The molecule has 2 rings (SSSR count). The third-order valence-electron chi connectivity index (χ3n) is 4.24. The lowest BCUT2D eigenvalue weighted by atomic mass is 9.64. The van der Waals surface area contributed by atoms with Crippen LogP contribution in [0.4, 0.5) is 4.39 Å². The molecule has 2 unspecified atom stereocenters. The topological polar surface area (TPSA) is 21.3 Å². The minimum absolute atomic E-state index is 0.137. The van der Waals surface area contributed by atoms with Gasteiger partial charge in [0.2, 0.25) is 0 Å². The highest BCUT2D eigenvalue weighted by molar-refractivity contribution is 5.24. The Morgan fingerprint density at radius 2 is 2.17 bits per heavy atom.